The van der Waals surface area contributed by atoms with Crippen molar-refractivity contribution >= 4 is 17.5 Å². The fraction of sp³-hybridized carbons (Fsp3) is 0.350. The zero-order chi connectivity index (χ0) is 17.2. The molecule has 2 amide bonds. The molecule has 2 aliphatic heterocycles. The van der Waals surface area contributed by atoms with Crippen molar-refractivity contribution in [2.24, 2.45) is 0 Å². The van der Waals surface area contributed by atoms with Crippen LogP contribution in [0.25, 0.3) is 0 Å². The summed E-state index contributed by atoms with van der Waals surface area (Å²) in [7, 11) is 0. The summed E-state index contributed by atoms with van der Waals surface area (Å²) in [5.74, 6) is 0.0500. The van der Waals surface area contributed by atoms with Crippen LogP contribution in [-0.2, 0) is 16.0 Å². The maximum atomic E-state index is 13.5. The van der Waals surface area contributed by atoms with Crippen LogP contribution in [0.3, 0.4) is 0 Å². The van der Waals surface area contributed by atoms with Crippen molar-refractivity contribution in [1.29, 1.82) is 0 Å². The number of anilines is 1. The Morgan fingerprint density at radius 2 is 1.88 bits per heavy atom. The first-order valence-electron chi connectivity index (χ1n) is 8.84. The zero-order valence-corrected chi connectivity index (χ0v) is 14.1. The third kappa shape index (κ3) is 2.90. The van der Waals surface area contributed by atoms with E-state index in [0.717, 1.165) is 36.1 Å². The fourth-order valence-corrected chi connectivity index (χ4v) is 3.80. The standard InChI is InChI=1S/C20H21N3O2/c24-18-8-4-5-12-23(18)19(15-6-2-1-3-7-15)20(25)22-13-10-16-14-21-11-9-17(16)22/h1-3,6-7,9,11,14,19H,4-5,8,10,12-13H2. The summed E-state index contributed by atoms with van der Waals surface area (Å²) in [6.45, 7) is 1.28. The van der Waals surface area contributed by atoms with E-state index in [9.17, 15) is 9.59 Å². The minimum atomic E-state index is -0.548. The lowest BCUT2D eigenvalue weighted by Crippen LogP contribution is -2.47. The second-order valence-corrected chi connectivity index (χ2v) is 6.60. The van der Waals surface area contributed by atoms with Crippen molar-refractivity contribution in [3.8, 4) is 0 Å². The maximum absolute atomic E-state index is 13.5. The number of likely N-dealkylation sites (tertiary alicyclic amines) is 1. The van der Waals surface area contributed by atoms with Gasteiger partial charge in [-0.1, -0.05) is 30.3 Å². The molecule has 1 fully saturated rings. The van der Waals surface area contributed by atoms with Gasteiger partial charge < -0.3 is 9.80 Å². The van der Waals surface area contributed by atoms with Crippen molar-refractivity contribution in [3.05, 3.63) is 59.9 Å². The third-order valence-corrected chi connectivity index (χ3v) is 5.06. The van der Waals surface area contributed by atoms with Crippen LogP contribution in [0.4, 0.5) is 5.69 Å². The minimum Gasteiger partial charge on any atom is -0.327 e. The highest BCUT2D eigenvalue weighted by Gasteiger charge is 2.37. The Morgan fingerprint density at radius 3 is 2.68 bits per heavy atom. The predicted molar refractivity (Wildman–Crippen MR) is 95.0 cm³/mol. The Morgan fingerprint density at radius 1 is 1.04 bits per heavy atom. The largest absolute Gasteiger partial charge is 0.327 e. The number of benzene rings is 1. The smallest absolute Gasteiger partial charge is 0.254 e. The molecule has 0 bridgehead atoms. The molecule has 0 spiro atoms. The van der Waals surface area contributed by atoms with Crippen molar-refractivity contribution in [2.45, 2.75) is 31.7 Å². The lowest BCUT2D eigenvalue weighted by atomic mass is 10.00. The molecule has 3 heterocycles. The van der Waals surface area contributed by atoms with Crippen LogP contribution in [-0.4, -0.2) is 34.8 Å². The SMILES string of the molecule is O=C(C(c1ccccc1)N1CCCCC1=O)N1CCc2cnccc21. The Bertz CT molecular complexity index is 791. The quantitative estimate of drug-likeness (QED) is 0.867. The lowest BCUT2D eigenvalue weighted by Gasteiger charge is -2.36. The average Bonchev–Trinajstić information content (AvgIpc) is 3.08. The molecule has 0 radical (unpaired) electrons. The van der Waals surface area contributed by atoms with Crippen LogP contribution in [0, 0.1) is 0 Å². The molecule has 1 aromatic heterocycles. The topological polar surface area (TPSA) is 53.5 Å². The van der Waals surface area contributed by atoms with Gasteiger partial charge in [-0.05, 0) is 36.5 Å². The normalized spacial score (nSPS) is 18.2. The van der Waals surface area contributed by atoms with E-state index in [2.05, 4.69) is 4.98 Å². The van der Waals surface area contributed by atoms with Crippen LogP contribution in [0.5, 0.6) is 0 Å². The van der Waals surface area contributed by atoms with Gasteiger partial charge in [0.1, 0.15) is 6.04 Å². The summed E-state index contributed by atoms with van der Waals surface area (Å²) in [6.07, 6.45) is 6.73. The molecule has 0 aliphatic carbocycles. The molecule has 128 valence electrons. The van der Waals surface area contributed by atoms with E-state index < -0.39 is 6.04 Å². The number of amides is 2. The van der Waals surface area contributed by atoms with Crippen LogP contribution in [0.2, 0.25) is 0 Å². The number of nitrogens with zero attached hydrogens (tertiary/aromatic N) is 3. The van der Waals surface area contributed by atoms with E-state index in [4.69, 9.17) is 0 Å². The van der Waals surface area contributed by atoms with Crippen molar-refractivity contribution in [1.82, 2.24) is 9.88 Å². The molecule has 4 rings (SSSR count). The molecule has 1 unspecified atom stereocenters. The number of hydrogen-bond acceptors (Lipinski definition) is 3. The van der Waals surface area contributed by atoms with Gasteiger partial charge in [0, 0.05) is 31.9 Å². The Balaban J connectivity index is 1.71. The van der Waals surface area contributed by atoms with Gasteiger partial charge in [-0.2, -0.15) is 0 Å². The Labute approximate surface area is 147 Å². The van der Waals surface area contributed by atoms with Gasteiger partial charge in [0.15, 0.2) is 0 Å². The molecular formula is C20H21N3O2. The summed E-state index contributed by atoms with van der Waals surface area (Å²) < 4.78 is 0. The number of hydrogen-bond donors (Lipinski definition) is 0. The molecule has 5 heteroatoms. The lowest BCUT2D eigenvalue weighted by molar-refractivity contribution is -0.141. The monoisotopic (exact) mass is 335 g/mol. The van der Waals surface area contributed by atoms with Crippen LogP contribution < -0.4 is 4.90 Å². The molecule has 25 heavy (non-hydrogen) atoms. The van der Waals surface area contributed by atoms with Crippen LogP contribution in [0.1, 0.15) is 36.4 Å². The van der Waals surface area contributed by atoms with Gasteiger partial charge >= 0.3 is 0 Å². The molecule has 2 aliphatic rings. The zero-order valence-electron chi connectivity index (χ0n) is 14.1. The summed E-state index contributed by atoms with van der Waals surface area (Å²) in [6, 6.07) is 11.0. The summed E-state index contributed by atoms with van der Waals surface area (Å²) in [4.78, 5) is 33.7. The van der Waals surface area contributed by atoms with Crippen molar-refractivity contribution in [2.75, 3.05) is 18.0 Å². The van der Waals surface area contributed by atoms with Gasteiger partial charge in [-0.3, -0.25) is 14.6 Å². The Hall–Kier alpha value is -2.69. The second kappa shape index (κ2) is 6.67. The Kier molecular flexibility index (Phi) is 4.22. The van der Waals surface area contributed by atoms with Crippen LogP contribution in [0.15, 0.2) is 48.8 Å². The van der Waals surface area contributed by atoms with E-state index in [1.807, 2.05) is 47.5 Å². The highest BCUT2D eigenvalue weighted by atomic mass is 16.2. The molecule has 1 saturated heterocycles. The van der Waals surface area contributed by atoms with Crippen molar-refractivity contribution in [3.63, 3.8) is 0 Å². The highest BCUT2D eigenvalue weighted by Crippen LogP contribution is 2.33. The van der Waals surface area contributed by atoms with E-state index in [1.54, 1.807) is 11.1 Å². The van der Waals surface area contributed by atoms with Crippen molar-refractivity contribution < 1.29 is 9.59 Å². The van der Waals surface area contributed by atoms with Gasteiger partial charge in [0.2, 0.25) is 5.91 Å². The first kappa shape index (κ1) is 15.8. The number of fused-ring (bicyclic) bond motifs is 1. The first-order chi connectivity index (χ1) is 12.3. The summed E-state index contributed by atoms with van der Waals surface area (Å²) >= 11 is 0. The molecule has 0 saturated carbocycles. The number of pyridine rings is 1. The predicted octanol–water partition coefficient (Wildman–Crippen LogP) is 2.72. The maximum Gasteiger partial charge on any atom is 0.254 e. The minimum absolute atomic E-state index is 0.0219. The van der Waals surface area contributed by atoms with Gasteiger partial charge in [-0.25, -0.2) is 0 Å². The summed E-state index contributed by atoms with van der Waals surface area (Å²) in [5.41, 5.74) is 2.89. The highest BCUT2D eigenvalue weighted by molar-refractivity contribution is 6.01. The van der Waals surface area contributed by atoms with Gasteiger partial charge in [0.05, 0.1) is 5.69 Å². The van der Waals surface area contributed by atoms with Crippen LogP contribution >= 0.6 is 0 Å². The molecule has 1 atom stereocenters. The number of rotatable bonds is 3. The molecular weight excluding hydrogens is 314 g/mol. The number of aromatic nitrogens is 1. The third-order valence-electron chi connectivity index (χ3n) is 5.06. The molecule has 2 aromatic rings. The average molecular weight is 335 g/mol. The molecule has 5 nitrogen and oxygen atoms in total. The van der Waals surface area contributed by atoms with Gasteiger partial charge in [0.25, 0.3) is 5.91 Å². The number of carbonyl (C=O) groups is 2. The number of carbonyl (C=O) groups excluding carboxylic acids is 2. The second-order valence-electron chi connectivity index (χ2n) is 6.60. The summed E-state index contributed by atoms with van der Waals surface area (Å²) in [5, 5.41) is 0. The van der Waals surface area contributed by atoms with E-state index in [0.29, 0.717) is 19.5 Å². The van der Waals surface area contributed by atoms with Gasteiger partial charge in [-0.15, -0.1) is 0 Å². The van der Waals surface area contributed by atoms with E-state index >= 15 is 0 Å². The van der Waals surface area contributed by atoms with E-state index in [1.165, 1.54) is 0 Å². The fourth-order valence-electron chi connectivity index (χ4n) is 3.80. The molecule has 0 N–H and O–H groups in total. The molecule has 1 aromatic carbocycles. The first-order valence-corrected chi connectivity index (χ1v) is 8.84. The van der Waals surface area contributed by atoms with E-state index in [-0.39, 0.29) is 11.8 Å². The number of piperidine rings is 1.